The molecule has 1 spiro atoms. The molecule has 1 saturated carbocycles. The summed E-state index contributed by atoms with van der Waals surface area (Å²) in [5.41, 5.74) is -0.714. The molecule has 1 saturated heterocycles. The van der Waals surface area contributed by atoms with E-state index >= 15 is 0 Å². The quantitative estimate of drug-likeness (QED) is 0.794. The number of aliphatic carboxylic acids is 1. The molecule has 2 unspecified atom stereocenters. The Labute approximate surface area is 113 Å². The van der Waals surface area contributed by atoms with Crippen LogP contribution in [-0.2, 0) is 9.53 Å². The Morgan fingerprint density at radius 2 is 2.00 bits per heavy atom. The number of hydrogen-bond donors (Lipinski definition) is 1. The number of nitrogens with zero attached hydrogens (tertiary/aromatic N) is 1. The molecule has 1 aliphatic heterocycles. The molecule has 1 amide bonds. The van der Waals surface area contributed by atoms with Crippen molar-refractivity contribution in [2.75, 3.05) is 13.1 Å². The molecule has 1 aliphatic carbocycles. The smallest absolute Gasteiger partial charge is 0.410 e. The fourth-order valence-electron chi connectivity index (χ4n) is 3.21. The average molecular weight is 269 g/mol. The SMILES string of the molecule is CC(C)(C)OC(=O)N1CCCC2(CCC2C(=O)O)C1. The van der Waals surface area contributed by atoms with Gasteiger partial charge in [-0.15, -0.1) is 0 Å². The largest absolute Gasteiger partial charge is 0.481 e. The average Bonchev–Trinajstić information content (AvgIpc) is 2.24. The molecule has 2 rings (SSSR count). The van der Waals surface area contributed by atoms with Crippen LogP contribution in [0.25, 0.3) is 0 Å². The minimum Gasteiger partial charge on any atom is -0.481 e. The van der Waals surface area contributed by atoms with Crippen LogP contribution in [0, 0.1) is 11.3 Å². The number of carbonyl (C=O) groups is 2. The summed E-state index contributed by atoms with van der Waals surface area (Å²) < 4.78 is 5.37. The van der Waals surface area contributed by atoms with E-state index < -0.39 is 11.6 Å². The lowest BCUT2D eigenvalue weighted by Gasteiger charge is -2.52. The van der Waals surface area contributed by atoms with Crippen molar-refractivity contribution in [3.8, 4) is 0 Å². The van der Waals surface area contributed by atoms with Crippen molar-refractivity contribution in [3.05, 3.63) is 0 Å². The zero-order valence-electron chi connectivity index (χ0n) is 11.9. The van der Waals surface area contributed by atoms with Gasteiger partial charge >= 0.3 is 12.1 Å². The van der Waals surface area contributed by atoms with Crippen molar-refractivity contribution in [1.29, 1.82) is 0 Å². The Kier molecular flexibility index (Phi) is 3.49. The number of hydrogen-bond acceptors (Lipinski definition) is 3. The highest BCUT2D eigenvalue weighted by molar-refractivity contribution is 5.73. The van der Waals surface area contributed by atoms with E-state index in [2.05, 4.69) is 0 Å². The van der Waals surface area contributed by atoms with Gasteiger partial charge in [-0.1, -0.05) is 0 Å². The van der Waals surface area contributed by atoms with Crippen LogP contribution in [0.5, 0.6) is 0 Å². The van der Waals surface area contributed by atoms with Crippen LogP contribution in [0.2, 0.25) is 0 Å². The Bertz CT molecular complexity index is 387. The number of rotatable bonds is 1. The maximum atomic E-state index is 12.1. The van der Waals surface area contributed by atoms with Crippen molar-refractivity contribution in [1.82, 2.24) is 4.90 Å². The molecule has 1 heterocycles. The van der Waals surface area contributed by atoms with Crippen molar-refractivity contribution in [2.45, 2.75) is 52.1 Å². The predicted octanol–water partition coefficient (Wildman–Crippen LogP) is 2.50. The van der Waals surface area contributed by atoms with Crippen molar-refractivity contribution < 1.29 is 19.4 Å². The zero-order valence-corrected chi connectivity index (χ0v) is 11.9. The molecule has 0 radical (unpaired) electrons. The number of likely N-dealkylation sites (tertiary alicyclic amines) is 1. The summed E-state index contributed by atoms with van der Waals surface area (Å²) in [4.78, 5) is 25.0. The van der Waals surface area contributed by atoms with Gasteiger partial charge < -0.3 is 14.7 Å². The highest BCUT2D eigenvalue weighted by Gasteiger charge is 2.53. The maximum Gasteiger partial charge on any atom is 0.410 e. The topological polar surface area (TPSA) is 66.8 Å². The van der Waals surface area contributed by atoms with E-state index in [-0.39, 0.29) is 17.4 Å². The fraction of sp³-hybridized carbons (Fsp3) is 0.857. The highest BCUT2D eigenvalue weighted by Crippen LogP contribution is 2.52. The first-order valence-corrected chi connectivity index (χ1v) is 6.94. The first kappa shape index (κ1) is 14.2. The minimum atomic E-state index is -0.725. The van der Waals surface area contributed by atoms with Crippen molar-refractivity contribution in [3.63, 3.8) is 0 Å². The van der Waals surface area contributed by atoms with Crippen LogP contribution in [0.3, 0.4) is 0 Å². The van der Waals surface area contributed by atoms with Crippen LogP contribution < -0.4 is 0 Å². The minimum absolute atomic E-state index is 0.207. The molecule has 0 aromatic rings. The number of amides is 1. The Balaban J connectivity index is 2.02. The second-order valence-electron chi connectivity index (χ2n) is 6.80. The summed E-state index contributed by atoms with van der Waals surface area (Å²) in [5, 5.41) is 9.23. The van der Waals surface area contributed by atoms with E-state index in [1.807, 2.05) is 20.8 Å². The van der Waals surface area contributed by atoms with E-state index in [0.29, 0.717) is 13.1 Å². The first-order chi connectivity index (χ1) is 8.73. The van der Waals surface area contributed by atoms with Gasteiger partial charge in [-0.3, -0.25) is 4.79 Å². The molecular weight excluding hydrogens is 246 g/mol. The lowest BCUT2D eigenvalue weighted by atomic mass is 9.56. The van der Waals surface area contributed by atoms with Crippen molar-refractivity contribution in [2.24, 2.45) is 11.3 Å². The van der Waals surface area contributed by atoms with Gasteiger partial charge in [0.15, 0.2) is 0 Å². The molecule has 2 atom stereocenters. The highest BCUT2D eigenvalue weighted by atomic mass is 16.6. The third-order valence-corrected chi connectivity index (χ3v) is 4.23. The molecule has 108 valence electrons. The fourth-order valence-corrected chi connectivity index (χ4v) is 3.21. The molecular formula is C14H23NO4. The standard InChI is InChI=1S/C14H23NO4/c1-13(2,3)19-12(18)15-8-4-6-14(9-15)7-5-10(14)11(16)17/h10H,4-9H2,1-3H3,(H,16,17). The molecule has 1 N–H and O–H groups in total. The third-order valence-electron chi connectivity index (χ3n) is 4.23. The van der Waals surface area contributed by atoms with E-state index in [0.717, 1.165) is 25.7 Å². The Morgan fingerprint density at radius 3 is 2.47 bits per heavy atom. The van der Waals surface area contributed by atoms with Gasteiger partial charge in [0.2, 0.25) is 0 Å². The number of ether oxygens (including phenoxy) is 1. The van der Waals surface area contributed by atoms with E-state index in [9.17, 15) is 14.7 Å². The van der Waals surface area contributed by atoms with Gasteiger partial charge in [-0.05, 0) is 46.5 Å². The number of carboxylic acids is 1. The van der Waals surface area contributed by atoms with E-state index in [1.165, 1.54) is 0 Å². The lowest BCUT2D eigenvalue weighted by Crippen LogP contribution is -2.56. The number of piperidine rings is 1. The Hall–Kier alpha value is -1.26. The van der Waals surface area contributed by atoms with Gasteiger partial charge in [-0.2, -0.15) is 0 Å². The molecule has 2 fully saturated rings. The molecule has 0 aromatic carbocycles. The van der Waals surface area contributed by atoms with Crippen molar-refractivity contribution >= 4 is 12.1 Å². The predicted molar refractivity (Wildman–Crippen MR) is 69.8 cm³/mol. The summed E-state index contributed by atoms with van der Waals surface area (Å²) in [5.74, 6) is -1.02. The number of carbonyl (C=O) groups excluding carboxylic acids is 1. The second kappa shape index (κ2) is 4.69. The van der Waals surface area contributed by atoms with Crippen LogP contribution in [0.4, 0.5) is 4.79 Å². The first-order valence-electron chi connectivity index (χ1n) is 6.94. The molecule has 2 aliphatic rings. The molecule has 5 heteroatoms. The van der Waals surface area contributed by atoms with E-state index in [1.54, 1.807) is 4.90 Å². The summed E-state index contributed by atoms with van der Waals surface area (Å²) in [6.45, 7) is 6.72. The summed E-state index contributed by atoms with van der Waals surface area (Å²) in [6, 6.07) is 0. The lowest BCUT2D eigenvalue weighted by molar-refractivity contribution is -0.158. The van der Waals surface area contributed by atoms with Crippen LogP contribution >= 0.6 is 0 Å². The Morgan fingerprint density at radius 1 is 1.32 bits per heavy atom. The molecule has 19 heavy (non-hydrogen) atoms. The molecule has 0 bridgehead atoms. The van der Waals surface area contributed by atoms with Gasteiger partial charge in [0.25, 0.3) is 0 Å². The van der Waals surface area contributed by atoms with Crippen LogP contribution in [-0.4, -0.2) is 40.8 Å². The zero-order chi connectivity index (χ0) is 14.3. The normalized spacial score (nSPS) is 30.9. The molecule has 0 aromatic heterocycles. The maximum absolute atomic E-state index is 12.1. The summed E-state index contributed by atoms with van der Waals surface area (Å²) in [6.07, 6.45) is 3.09. The second-order valence-corrected chi connectivity index (χ2v) is 6.80. The van der Waals surface area contributed by atoms with Gasteiger partial charge in [0, 0.05) is 18.5 Å². The third kappa shape index (κ3) is 2.85. The molecule has 5 nitrogen and oxygen atoms in total. The van der Waals surface area contributed by atoms with Gasteiger partial charge in [0.1, 0.15) is 5.60 Å². The van der Waals surface area contributed by atoms with Gasteiger partial charge in [-0.25, -0.2) is 4.79 Å². The van der Waals surface area contributed by atoms with Crippen LogP contribution in [0.15, 0.2) is 0 Å². The number of carboxylic acid groups (broad SMARTS) is 1. The summed E-state index contributed by atoms with van der Waals surface area (Å²) in [7, 11) is 0. The van der Waals surface area contributed by atoms with Gasteiger partial charge in [0.05, 0.1) is 5.92 Å². The summed E-state index contributed by atoms with van der Waals surface area (Å²) >= 11 is 0. The monoisotopic (exact) mass is 269 g/mol. The van der Waals surface area contributed by atoms with Crippen LogP contribution in [0.1, 0.15) is 46.5 Å². The van der Waals surface area contributed by atoms with E-state index in [4.69, 9.17) is 4.74 Å².